The molecule has 0 aromatic heterocycles. The van der Waals surface area contributed by atoms with Crippen molar-refractivity contribution in [3.05, 3.63) is 0 Å². The van der Waals surface area contributed by atoms with Gasteiger partial charge in [-0.1, -0.05) is 6.92 Å². The average Bonchev–Trinajstić information content (AvgIpc) is 2.12. The highest BCUT2D eigenvalue weighted by Crippen LogP contribution is 2.22. The van der Waals surface area contributed by atoms with Gasteiger partial charge in [0.2, 0.25) is 5.91 Å². The highest BCUT2D eigenvalue weighted by molar-refractivity contribution is 5.80. The van der Waals surface area contributed by atoms with E-state index in [0.29, 0.717) is 12.6 Å². The van der Waals surface area contributed by atoms with Crippen LogP contribution in [0, 0.1) is 5.92 Å². The van der Waals surface area contributed by atoms with Gasteiger partial charge >= 0.3 is 0 Å². The molecule has 0 aromatic carbocycles. The number of hydrogen-bond acceptors (Lipinski definition) is 2. The molecule has 3 nitrogen and oxygen atoms in total. The maximum absolute atomic E-state index is 11.8. The van der Waals surface area contributed by atoms with Crippen LogP contribution in [0.2, 0.25) is 0 Å². The molecule has 1 saturated heterocycles. The van der Waals surface area contributed by atoms with Gasteiger partial charge in [-0.2, -0.15) is 0 Å². The molecule has 2 N–H and O–H groups in total. The molecule has 76 valence electrons. The second kappa shape index (κ2) is 4.61. The summed E-state index contributed by atoms with van der Waals surface area (Å²) in [4.78, 5) is 13.8. The molecule has 1 aliphatic heterocycles. The predicted molar refractivity (Wildman–Crippen MR) is 53.2 cm³/mol. The minimum Gasteiger partial charge on any atom is -0.340 e. The lowest BCUT2D eigenvalue weighted by molar-refractivity contribution is -0.140. The van der Waals surface area contributed by atoms with Gasteiger partial charge in [-0.05, 0) is 26.2 Å². The molecule has 1 heterocycles. The van der Waals surface area contributed by atoms with Gasteiger partial charge in [0, 0.05) is 19.1 Å². The number of piperidine rings is 1. The summed E-state index contributed by atoms with van der Waals surface area (Å²) >= 11 is 0. The Kier molecular flexibility index (Phi) is 3.72. The lowest BCUT2D eigenvalue weighted by Gasteiger charge is -2.37. The first kappa shape index (κ1) is 10.5. The number of carbonyl (C=O) groups excluding carboxylic acids is 1. The van der Waals surface area contributed by atoms with Gasteiger partial charge in [0.25, 0.3) is 0 Å². The van der Waals surface area contributed by atoms with Crippen LogP contribution in [0.4, 0.5) is 0 Å². The highest BCUT2D eigenvalue weighted by atomic mass is 16.2. The van der Waals surface area contributed by atoms with Crippen molar-refractivity contribution < 1.29 is 4.79 Å². The third-order valence-electron chi connectivity index (χ3n) is 2.85. The van der Waals surface area contributed by atoms with E-state index in [9.17, 15) is 4.79 Å². The van der Waals surface area contributed by atoms with Gasteiger partial charge in [-0.15, -0.1) is 0 Å². The zero-order valence-electron chi connectivity index (χ0n) is 8.62. The quantitative estimate of drug-likeness (QED) is 0.710. The van der Waals surface area contributed by atoms with Crippen LogP contribution in [0.25, 0.3) is 0 Å². The molecular weight excluding hydrogens is 164 g/mol. The van der Waals surface area contributed by atoms with E-state index in [1.807, 2.05) is 4.90 Å². The van der Waals surface area contributed by atoms with Crippen LogP contribution in [0.15, 0.2) is 0 Å². The summed E-state index contributed by atoms with van der Waals surface area (Å²) in [6.07, 6.45) is 3.11. The first-order valence-corrected chi connectivity index (χ1v) is 5.21. The highest BCUT2D eigenvalue weighted by Gasteiger charge is 2.31. The molecule has 1 rings (SSSR count). The van der Waals surface area contributed by atoms with Crippen molar-refractivity contribution in [2.75, 3.05) is 13.1 Å². The lowest BCUT2D eigenvalue weighted by atomic mass is 9.92. The second-order valence-electron chi connectivity index (χ2n) is 3.89. The average molecular weight is 184 g/mol. The molecule has 0 aliphatic carbocycles. The van der Waals surface area contributed by atoms with E-state index in [2.05, 4.69) is 13.8 Å². The number of amides is 1. The van der Waals surface area contributed by atoms with Gasteiger partial charge < -0.3 is 10.6 Å². The van der Waals surface area contributed by atoms with Crippen LogP contribution in [0.1, 0.15) is 33.1 Å². The summed E-state index contributed by atoms with van der Waals surface area (Å²) < 4.78 is 0. The summed E-state index contributed by atoms with van der Waals surface area (Å²) in [6, 6.07) is 0.412. The van der Waals surface area contributed by atoms with Crippen LogP contribution >= 0.6 is 0 Å². The fraction of sp³-hybridized carbons (Fsp3) is 0.900. The van der Waals surface area contributed by atoms with Crippen molar-refractivity contribution in [2.24, 2.45) is 11.7 Å². The second-order valence-corrected chi connectivity index (χ2v) is 3.89. The van der Waals surface area contributed by atoms with Crippen molar-refractivity contribution in [1.82, 2.24) is 4.90 Å². The minimum absolute atomic E-state index is 0.0859. The first-order chi connectivity index (χ1) is 6.20. The molecule has 13 heavy (non-hydrogen) atoms. The molecule has 3 heteroatoms. The molecule has 0 spiro atoms. The van der Waals surface area contributed by atoms with E-state index in [1.165, 1.54) is 0 Å². The third-order valence-corrected chi connectivity index (χ3v) is 2.85. The summed E-state index contributed by atoms with van der Waals surface area (Å²) in [5, 5.41) is 0. The number of hydrogen-bond donors (Lipinski definition) is 1. The summed E-state index contributed by atoms with van der Waals surface area (Å²) in [5.74, 6) is 0.353. The Labute approximate surface area is 80.3 Å². The van der Waals surface area contributed by atoms with E-state index in [-0.39, 0.29) is 11.8 Å². The normalized spacial score (nSPS) is 29.5. The Morgan fingerprint density at radius 3 is 2.77 bits per heavy atom. The van der Waals surface area contributed by atoms with E-state index < -0.39 is 0 Å². The maximum atomic E-state index is 11.8. The number of nitrogens with two attached hydrogens (primary N) is 1. The monoisotopic (exact) mass is 184 g/mol. The van der Waals surface area contributed by atoms with Gasteiger partial charge in [0.1, 0.15) is 0 Å². The summed E-state index contributed by atoms with van der Waals surface area (Å²) in [7, 11) is 0. The van der Waals surface area contributed by atoms with Gasteiger partial charge in [0.15, 0.2) is 0 Å². The predicted octanol–water partition coefficient (Wildman–Crippen LogP) is 0.982. The van der Waals surface area contributed by atoms with Gasteiger partial charge in [0.05, 0.1) is 5.92 Å². The third kappa shape index (κ3) is 2.21. The van der Waals surface area contributed by atoms with Crippen LogP contribution in [0.5, 0.6) is 0 Å². The molecule has 0 saturated carbocycles. The van der Waals surface area contributed by atoms with Crippen molar-refractivity contribution in [3.8, 4) is 0 Å². The summed E-state index contributed by atoms with van der Waals surface area (Å²) in [6.45, 7) is 5.62. The molecule has 0 aromatic rings. The Balaban J connectivity index is 2.60. The minimum atomic E-state index is 0.0859. The number of carbonyl (C=O) groups is 1. The van der Waals surface area contributed by atoms with E-state index in [0.717, 1.165) is 25.8 Å². The zero-order chi connectivity index (χ0) is 9.84. The van der Waals surface area contributed by atoms with Crippen molar-refractivity contribution >= 4 is 5.91 Å². The number of rotatable bonds is 3. The topological polar surface area (TPSA) is 46.3 Å². The van der Waals surface area contributed by atoms with Crippen LogP contribution < -0.4 is 5.73 Å². The van der Waals surface area contributed by atoms with Crippen molar-refractivity contribution in [3.63, 3.8) is 0 Å². The van der Waals surface area contributed by atoms with E-state index in [4.69, 9.17) is 5.73 Å². The Morgan fingerprint density at radius 1 is 1.54 bits per heavy atom. The Bertz CT molecular complexity index is 182. The fourth-order valence-electron chi connectivity index (χ4n) is 1.96. The number of likely N-dealkylation sites (tertiary alicyclic amines) is 1. The molecular formula is C10H20N2O. The van der Waals surface area contributed by atoms with Crippen LogP contribution in [-0.4, -0.2) is 29.9 Å². The van der Waals surface area contributed by atoms with Crippen molar-refractivity contribution in [1.29, 1.82) is 0 Å². The first-order valence-electron chi connectivity index (χ1n) is 5.21. The largest absolute Gasteiger partial charge is 0.340 e. The fourth-order valence-corrected chi connectivity index (χ4v) is 1.96. The van der Waals surface area contributed by atoms with Gasteiger partial charge in [-0.3, -0.25) is 4.79 Å². The maximum Gasteiger partial charge on any atom is 0.227 e. The smallest absolute Gasteiger partial charge is 0.227 e. The SMILES string of the molecule is CCCN1C(=O)[C@@H](CN)CC[C@@H]1C. The molecule has 0 unspecified atom stereocenters. The van der Waals surface area contributed by atoms with E-state index >= 15 is 0 Å². The molecule has 2 atom stereocenters. The standard InChI is InChI=1S/C10H20N2O/c1-3-6-12-8(2)4-5-9(7-11)10(12)13/h8-9H,3-7,11H2,1-2H3/t8-,9+/m0/s1. The van der Waals surface area contributed by atoms with Crippen molar-refractivity contribution in [2.45, 2.75) is 39.2 Å². The molecule has 1 fully saturated rings. The zero-order valence-corrected chi connectivity index (χ0v) is 8.62. The molecule has 0 bridgehead atoms. The Morgan fingerprint density at radius 2 is 2.23 bits per heavy atom. The molecule has 1 aliphatic rings. The number of nitrogens with zero attached hydrogens (tertiary/aromatic N) is 1. The van der Waals surface area contributed by atoms with E-state index in [1.54, 1.807) is 0 Å². The van der Waals surface area contributed by atoms with Gasteiger partial charge in [-0.25, -0.2) is 0 Å². The lowest BCUT2D eigenvalue weighted by Crippen LogP contribution is -2.48. The molecule has 0 radical (unpaired) electrons. The van der Waals surface area contributed by atoms with Crippen LogP contribution in [0.3, 0.4) is 0 Å². The Hall–Kier alpha value is -0.570. The molecule has 1 amide bonds. The van der Waals surface area contributed by atoms with Crippen LogP contribution in [-0.2, 0) is 4.79 Å². The summed E-state index contributed by atoms with van der Waals surface area (Å²) in [5.41, 5.74) is 5.55.